The molecule has 0 atom stereocenters. The van der Waals surface area contributed by atoms with Crippen molar-refractivity contribution in [3.8, 4) is 16.9 Å². The standard InChI is InChI=1S/C20H20N4O3S2/c21-29(26,27)17-8-6-16(7-9-17)24-19(15-4-2-1-3-5-15)14-18(22-24)20(25)23-10-12-28-13-11-23/h1-9,14H,10-13H2,(H2,21,26,27). The van der Waals surface area contributed by atoms with E-state index >= 15 is 0 Å². The molecule has 0 aliphatic carbocycles. The smallest absolute Gasteiger partial charge is 0.274 e. The summed E-state index contributed by atoms with van der Waals surface area (Å²) in [4.78, 5) is 14.8. The lowest BCUT2D eigenvalue weighted by atomic mass is 10.1. The van der Waals surface area contributed by atoms with Crippen molar-refractivity contribution in [3.63, 3.8) is 0 Å². The van der Waals surface area contributed by atoms with Gasteiger partial charge >= 0.3 is 0 Å². The summed E-state index contributed by atoms with van der Waals surface area (Å²) in [7, 11) is -3.78. The first-order valence-corrected chi connectivity index (χ1v) is 11.8. The summed E-state index contributed by atoms with van der Waals surface area (Å²) in [6, 6.07) is 17.6. The number of benzene rings is 2. The fraction of sp³-hybridized carbons (Fsp3) is 0.200. The zero-order valence-electron chi connectivity index (χ0n) is 15.6. The molecule has 29 heavy (non-hydrogen) atoms. The fourth-order valence-electron chi connectivity index (χ4n) is 3.20. The van der Waals surface area contributed by atoms with Gasteiger partial charge in [0.2, 0.25) is 10.0 Å². The van der Waals surface area contributed by atoms with E-state index < -0.39 is 10.0 Å². The van der Waals surface area contributed by atoms with E-state index in [1.54, 1.807) is 22.9 Å². The van der Waals surface area contributed by atoms with Gasteiger partial charge < -0.3 is 4.90 Å². The minimum absolute atomic E-state index is 0.0248. The monoisotopic (exact) mass is 428 g/mol. The van der Waals surface area contributed by atoms with Crippen molar-refractivity contribution < 1.29 is 13.2 Å². The highest BCUT2D eigenvalue weighted by atomic mass is 32.2. The normalized spacial score (nSPS) is 14.7. The van der Waals surface area contributed by atoms with Gasteiger partial charge in [0, 0.05) is 30.2 Å². The lowest BCUT2D eigenvalue weighted by Gasteiger charge is -2.25. The van der Waals surface area contributed by atoms with Gasteiger partial charge in [-0.15, -0.1) is 0 Å². The maximum atomic E-state index is 13.0. The summed E-state index contributed by atoms with van der Waals surface area (Å²) >= 11 is 1.84. The molecule has 1 saturated heterocycles. The molecule has 0 saturated carbocycles. The number of primary sulfonamides is 1. The minimum atomic E-state index is -3.78. The van der Waals surface area contributed by atoms with Gasteiger partial charge in [-0.1, -0.05) is 30.3 Å². The summed E-state index contributed by atoms with van der Waals surface area (Å²) in [6.45, 7) is 1.42. The highest BCUT2D eigenvalue weighted by molar-refractivity contribution is 7.99. The largest absolute Gasteiger partial charge is 0.336 e. The fourth-order valence-corrected chi connectivity index (χ4v) is 4.62. The molecule has 3 aromatic rings. The Morgan fingerprint density at radius 2 is 1.66 bits per heavy atom. The van der Waals surface area contributed by atoms with Crippen LogP contribution in [-0.4, -0.2) is 53.6 Å². The van der Waals surface area contributed by atoms with E-state index in [2.05, 4.69) is 5.10 Å². The number of nitrogens with zero attached hydrogens (tertiary/aromatic N) is 3. The second kappa shape index (κ2) is 8.02. The average molecular weight is 429 g/mol. The van der Waals surface area contributed by atoms with E-state index in [9.17, 15) is 13.2 Å². The summed E-state index contributed by atoms with van der Waals surface area (Å²) in [5.74, 6) is 1.75. The zero-order valence-corrected chi connectivity index (χ0v) is 17.2. The molecule has 0 radical (unpaired) electrons. The minimum Gasteiger partial charge on any atom is -0.336 e. The number of carbonyl (C=O) groups excluding carboxylic acids is 1. The van der Waals surface area contributed by atoms with Gasteiger partial charge in [0.15, 0.2) is 5.69 Å². The summed E-state index contributed by atoms with van der Waals surface area (Å²) in [5.41, 5.74) is 2.67. The van der Waals surface area contributed by atoms with E-state index in [4.69, 9.17) is 5.14 Å². The van der Waals surface area contributed by atoms with Crippen LogP contribution in [0, 0.1) is 0 Å². The lowest BCUT2D eigenvalue weighted by Crippen LogP contribution is -2.38. The Morgan fingerprint density at radius 3 is 2.28 bits per heavy atom. The van der Waals surface area contributed by atoms with Crippen molar-refractivity contribution in [1.82, 2.24) is 14.7 Å². The number of carbonyl (C=O) groups is 1. The SMILES string of the molecule is NS(=O)(=O)c1ccc(-n2nc(C(=O)N3CCSCC3)cc2-c2ccccc2)cc1. The molecule has 2 N–H and O–H groups in total. The van der Waals surface area contributed by atoms with Crippen LogP contribution in [0.3, 0.4) is 0 Å². The Balaban J connectivity index is 1.77. The second-order valence-electron chi connectivity index (χ2n) is 6.64. The Bertz CT molecular complexity index is 1120. The summed E-state index contributed by atoms with van der Waals surface area (Å²) in [5, 5.41) is 9.75. The van der Waals surface area contributed by atoms with Gasteiger partial charge in [0.1, 0.15) is 0 Å². The molecule has 0 bridgehead atoms. The molecular weight excluding hydrogens is 408 g/mol. The Hall–Kier alpha value is -2.62. The van der Waals surface area contributed by atoms with E-state index in [0.717, 1.165) is 22.8 Å². The molecule has 1 aromatic heterocycles. The highest BCUT2D eigenvalue weighted by Crippen LogP contribution is 2.25. The maximum Gasteiger partial charge on any atom is 0.274 e. The van der Waals surface area contributed by atoms with Crippen molar-refractivity contribution in [2.24, 2.45) is 5.14 Å². The van der Waals surface area contributed by atoms with Gasteiger partial charge in [-0.25, -0.2) is 18.2 Å². The molecule has 1 amide bonds. The van der Waals surface area contributed by atoms with Crippen LogP contribution in [0.5, 0.6) is 0 Å². The molecular formula is C20H20N4O3S2. The van der Waals surface area contributed by atoms with Crippen molar-refractivity contribution in [1.29, 1.82) is 0 Å². The molecule has 1 aliphatic heterocycles. The van der Waals surface area contributed by atoms with Gasteiger partial charge in [-0.05, 0) is 30.3 Å². The first-order valence-electron chi connectivity index (χ1n) is 9.09. The van der Waals surface area contributed by atoms with Crippen LogP contribution in [0.25, 0.3) is 16.9 Å². The topological polar surface area (TPSA) is 98.3 Å². The van der Waals surface area contributed by atoms with Crippen molar-refractivity contribution >= 4 is 27.7 Å². The van der Waals surface area contributed by atoms with Crippen molar-refractivity contribution in [2.75, 3.05) is 24.6 Å². The van der Waals surface area contributed by atoms with E-state index in [-0.39, 0.29) is 10.8 Å². The van der Waals surface area contributed by atoms with Crippen molar-refractivity contribution in [3.05, 3.63) is 66.4 Å². The Morgan fingerprint density at radius 1 is 1.00 bits per heavy atom. The number of hydrogen-bond donors (Lipinski definition) is 1. The maximum absolute atomic E-state index is 13.0. The van der Waals surface area contributed by atoms with Crippen LogP contribution in [0.15, 0.2) is 65.6 Å². The number of amides is 1. The third-order valence-corrected chi connectivity index (χ3v) is 6.58. The quantitative estimate of drug-likeness (QED) is 0.688. The summed E-state index contributed by atoms with van der Waals surface area (Å²) in [6.07, 6.45) is 0. The molecule has 1 fully saturated rings. The van der Waals surface area contributed by atoms with Gasteiger partial charge in [0.05, 0.1) is 16.3 Å². The van der Waals surface area contributed by atoms with Crippen LogP contribution in [-0.2, 0) is 10.0 Å². The average Bonchev–Trinajstić information content (AvgIpc) is 3.19. The van der Waals surface area contributed by atoms with E-state index in [1.807, 2.05) is 47.0 Å². The second-order valence-corrected chi connectivity index (χ2v) is 9.42. The number of nitrogens with two attached hydrogens (primary N) is 1. The van der Waals surface area contributed by atoms with Gasteiger partial charge in [0.25, 0.3) is 5.91 Å². The first-order chi connectivity index (χ1) is 13.9. The van der Waals surface area contributed by atoms with Crippen LogP contribution in [0.2, 0.25) is 0 Å². The van der Waals surface area contributed by atoms with Crippen LogP contribution < -0.4 is 5.14 Å². The molecule has 0 spiro atoms. The number of thioether (sulfide) groups is 1. The van der Waals surface area contributed by atoms with Gasteiger partial charge in [-0.2, -0.15) is 16.9 Å². The predicted molar refractivity (Wildman–Crippen MR) is 114 cm³/mol. The van der Waals surface area contributed by atoms with Gasteiger partial charge in [-0.3, -0.25) is 4.79 Å². The van der Waals surface area contributed by atoms with Crippen molar-refractivity contribution in [2.45, 2.75) is 4.90 Å². The molecule has 150 valence electrons. The molecule has 4 rings (SSSR count). The molecule has 2 heterocycles. The number of rotatable bonds is 4. The number of aromatic nitrogens is 2. The Labute approximate surface area is 173 Å². The van der Waals surface area contributed by atoms with E-state index in [1.165, 1.54) is 12.1 Å². The number of sulfonamides is 1. The molecule has 1 aliphatic rings. The predicted octanol–water partition coefficient (Wildman–Crippen LogP) is 2.38. The number of hydrogen-bond acceptors (Lipinski definition) is 5. The van der Waals surface area contributed by atoms with Crippen LogP contribution in [0.1, 0.15) is 10.5 Å². The van der Waals surface area contributed by atoms with Crippen LogP contribution >= 0.6 is 11.8 Å². The molecule has 2 aromatic carbocycles. The van der Waals surface area contributed by atoms with Crippen LogP contribution in [0.4, 0.5) is 0 Å². The summed E-state index contributed by atoms with van der Waals surface area (Å²) < 4.78 is 24.7. The van der Waals surface area contributed by atoms with E-state index in [0.29, 0.717) is 24.5 Å². The highest BCUT2D eigenvalue weighted by Gasteiger charge is 2.23. The lowest BCUT2D eigenvalue weighted by molar-refractivity contribution is 0.0766. The zero-order chi connectivity index (χ0) is 20.4. The third kappa shape index (κ3) is 4.21. The molecule has 0 unspecified atom stereocenters. The molecule has 7 nitrogen and oxygen atoms in total. The Kier molecular flexibility index (Phi) is 5.44. The first kappa shape index (κ1) is 19.7. The molecule has 9 heteroatoms. The third-order valence-electron chi connectivity index (χ3n) is 4.71.